The third-order valence-corrected chi connectivity index (χ3v) is 3.42. The van der Waals surface area contributed by atoms with Gasteiger partial charge in [0.1, 0.15) is 0 Å². The third kappa shape index (κ3) is 2.69. The number of hydrogen-bond donors (Lipinski definition) is 1. The fraction of sp³-hybridized carbons (Fsp3) is 1.00. The highest BCUT2D eigenvalue weighted by Gasteiger charge is 2.31. The van der Waals surface area contributed by atoms with Gasteiger partial charge in [-0.25, -0.2) is 0 Å². The molecule has 2 aliphatic rings. The predicted molar refractivity (Wildman–Crippen MR) is 56.8 cm³/mol. The summed E-state index contributed by atoms with van der Waals surface area (Å²) in [5, 5.41) is 9.12. The highest BCUT2D eigenvalue weighted by Crippen LogP contribution is 2.21. The van der Waals surface area contributed by atoms with E-state index in [1.54, 1.807) is 0 Å². The van der Waals surface area contributed by atoms with E-state index in [1.807, 2.05) is 0 Å². The minimum atomic E-state index is 0.00375. The van der Waals surface area contributed by atoms with E-state index in [2.05, 4.69) is 11.8 Å². The van der Waals surface area contributed by atoms with Crippen LogP contribution in [0.25, 0.3) is 0 Å². The lowest BCUT2D eigenvalue weighted by Crippen LogP contribution is -2.54. The molecule has 4 nitrogen and oxygen atoms in total. The smallest absolute Gasteiger partial charge is 0.0933 e. The van der Waals surface area contributed by atoms with Gasteiger partial charge in [0.25, 0.3) is 0 Å². The van der Waals surface area contributed by atoms with Gasteiger partial charge in [0, 0.05) is 31.8 Å². The molecule has 0 aromatic carbocycles. The van der Waals surface area contributed by atoms with Crippen molar-refractivity contribution < 1.29 is 14.6 Å². The molecule has 88 valence electrons. The molecule has 0 saturated carbocycles. The van der Waals surface area contributed by atoms with Crippen molar-refractivity contribution >= 4 is 0 Å². The first-order valence-corrected chi connectivity index (χ1v) is 5.87. The Bertz CT molecular complexity index is 194. The van der Waals surface area contributed by atoms with Gasteiger partial charge in [-0.2, -0.15) is 0 Å². The second-order valence-electron chi connectivity index (χ2n) is 4.53. The average molecular weight is 215 g/mol. The summed E-state index contributed by atoms with van der Waals surface area (Å²) >= 11 is 0. The molecule has 0 bridgehead atoms. The van der Waals surface area contributed by atoms with E-state index >= 15 is 0 Å². The third-order valence-electron chi connectivity index (χ3n) is 3.42. The summed E-state index contributed by atoms with van der Waals surface area (Å²) in [4.78, 5) is 2.48. The Labute approximate surface area is 91.2 Å². The maximum absolute atomic E-state index is 9.12. The normalized spacial score (nSPS) is 35.6. The molecule has 0 aromatic rings. The van der Waals surface area contributed by atoms with Gasteiger partial charge in [-0.15, -0.1) is 0 Å². The summed E-state index contributed by atoms with van der Waals surface area (Å²) in [6.07, 6.45) is 2.23. The van der Waals surface area contributed by atoms with Crippen LogP contribution in [0.15, 0.2) is 0 Å². The first-order valence-electron chi connectivity index (χ1n) is 5.87. The quantitative estimate of drug-likeness (QED) is 0.717. The summed E-state index contributed by atoms with van der Waals surface area (Å²) in [7, 11) is 0. The highest BCUT2D eigenvalue weighted by atomic mass is 16.5. The van der Waals surface area contributed by atoms with Gasteiger partial charge in [0.15, 0.2) is 0 Å². The molecule has 2 atom stereocenters. The number of morpholine rings is 1. The summed E-state index contributed by atoms with van der Waals surface area (Å²) in [6, 6.07) is 1.09. The first kappa shape index (κ1) is 11.3. The Balaban J connectivity index is 1.92. The monoisotopic (exact) mass is 215 g/mol. The average Bonchev–Trinajstić information content (AvgIpc) is 2.31. The molecule has 2 heterocycles. The van der Waals surface area contributed by atoms with Crippen LogP contribution in [0.3, 0.4) is 0 Å². The summed E-state index contributed by atoms with van der Waals surface area (Å²) < 4.78 is 10.9. The van der Waals surface area contributed by atoms with Crippen LogP contribution in [0, 0.1) is 0 Å². The van der Waals surface area contributed by atoms with Crippen molar-refractivity contribution in [3.63, 3.8) is 0 Å². The molecule has 4 heteroatoms. The molecule has 2 fully saturated rings. The van der Waals surface area contributed by atoms with Gasteiger partial charge in [-0.05, 0) is 19.8 Å². The number of aliphatic hydroxyl groups excluding tert-OH is 1. The van der Waals surface area contributed by atoms with E-state index in [-0.39, 0.29) is 12.7 Å². The Hall–Kier alpha value is -0.160. The van der Waals surface area contributed by atoms with Gasteiger partial charge in [-0.3, -0.25) is 4.90 Å². The van der Waals surface area contributed by atoms with Crippen molar-refractivity contribution in [1.29, 1.82) is 0 Å². The molecule has 2 unspecified atom stereocenters. The zero-order chi connectivity index (χ0) is 10.7. The lowest BCUT2D eigenvalue weighted by atomic mass is 10.0. The summed E-state index contributed by atoms with van der Waals surface area (Å²) in [5.41, 5.74) is 0. The van der Waals surface area contributed by atoms with Gasteiger partial charge in [-0.1, -0.05) is 0 Å². The first-order chi connectivity index (χ1) is 7.31. The SMILES string of the molecule is CC1COC(CO)CN1C1CCOCC1. The van der Waals surface area contributed by atoms with Crippen molar-refractivity contribution in [3.8, 4) is 0 Å². The largest absolute Gasteiger partial charge is 0.394 e. The Kier molecular flexibility index (Phi) is 3.97. The minimum Gasteiger partial charge on any atom is -0.394 e. The Morgan fingerprint density at radius 2 is 2.07 bits per heavy atom. The molecule has 1 N–H and O–H groups in total. The summed E-state index contributed by atoms with van der Waals surface area (Å²) in [5.74, 6) is 0. The van der Waals surface area contributed by atoms with Crippen molar-refractivity contribution in [3.05, 3.63) is 0 Å². The van der Waals surface area contributed by atoms with Crippen LogP contribution in [-0.2, 0) is 9.47 Å². The highest BCUT2D eigenvalue weighted by molar-refractivity contribution is 4.84. The van der Waals surface area contributed by atoms with E-state index < -0.39 is 0 Å². The zero-order valence-electron chi connectivity index (χ0n) is 9.39. The number of ether oxygens (including phenoxy) is 2. The Morgan fingerprint density at radius 3 is 2.73 bits per heavy atom. The number of nitrogens with zero attached hydrogens (tertiary/aromatic N) is 1. The van der Waals surface area contributed by atoms with Crippen molar-refractivity contribution in [1.82, 2.24) is 4.90 Å². The van der Waals surface area contributed by atoms with Gasteiger partial charge >= 0.3 is 0 Å². The maximum atomic E-state index is 9.12. The molecule has 0 spiro atoms. The number of aliphatic hydroxyl groups is 1. The molecule has 0 radical (unpaired) electrons. The molecular weight excluding hydrogens is 194 g/mol. The van der Waals surface area contributed by atoms with Crippen LogP contribution in [-0.4, -0.2) is 61.2 Å². The fourth-order valence-corrected chi connectivity index (χ4v) is 2.48. The van der Waals surface area contributed by atoms with Crippen molar-refractivity contribution in [2.75, 3.05) is 33.0 Å². The van der Waals surface area contributed by atoms with E-state index in [4.69, 9.17) is 14.6 Å². The maximum Gasteiger partial charge on any atom is 0.0933 e. The van der Waals surface area contributed by atoms with E-state index in [0.717, 1.165) is 39.2 Å². The Morgan fingerprint density at radius 1 is 1.33 bits per heavy atom. The van der Waals surface area contributed by atoms with Crippen molar-refractivity contribution in [2.24, 2.45) is 0 Å². The number of rotatable bonds is 2. The molecule has 0 aromatic heterocycles. The van der Waals surface area contributed by atoms with E-state index in [0.29, 0.717) is 12.1 Å². The fourth-order valence-electron chi connectivity index (χ4n) is 2.48. The molecule has 0 amide bonds. The standard InChI is InChI=1S/C11H21NO3/c1-9-8-15-11(7-13)6-12(9)10-2-4-14-5-3-10/h9-11,13H,2-8H2,1H3. The predicted octanol–water partition coefficient (Wildman–Crippen LogP) is 0.247. The lowest BCUT2D eigenvalue weighted by Gasteiger charge is -2.43. The van der Waals surface area contributed by atoms with E-state index in [1.165, 1.54) is 0 Å². The lowest BCUT2D eigenvalue weighted by molar-refractivity contribution is -0.103. The van der Waals surface area contributed by atoms with E-state index in [9.17, 15) is 0 Å². The van der Waals surface area contributed by atoms with Gasteiger partial charge in [0.05, 0.1) is 19.3 Å². The molecule has 15 heavy (non-hydrogen) atoms. The van der Waals surface area contributed by atoms with Gasteiger partial charge in [0.2, 0.25) is 0 Å². The van der Waals surface area contributed by atoms with Crippen LogP contribution >= 0.6 is 0 Å². The second-order valence-corrected chi connectivity index (χ2v) is 4.53. The van der Waals surface area contributed by atoms with Gasteiger partial charge < -0.3 is 14.6 Å². The number of hydrogen-bond acceptors (Lipinski definition) is 4. The topological polar surface area (TPSA) is 41.9 Å². The molecule has 2 aliphatic heterocycles. The zero-order valence-corrected chi connectivity index (χ0v) is 9.39. The van der Waals surface area contributed by atoms with Crippen LogP contribution in [0.1, 0.15) is 19.8 Å². The molecular formula is C11H21NO3. The van der Waals surface area contributed by atoms with Crippen LogP contribution in [0.2, 0.25) is 0 Å². The van der Waals surface area contributed by atoms with Crippen LogP contribution in [0.5, 0.6) is 0 Å². The van der Waals surface area contributed by atoms with Crippen LogP contribution in [0.4, 0.5) is 0 Å². The molecule has 2 saturated heterocycles. The van der Waals surface area contributed by atoms with Crippen LogP contribution < -0.4 is 0 Å². The molecule has 0 aliphatic carbocycles. The van der Waals surface area contributed by atoms with Crippen molar-refractivity contribution in [2.45, 2.75) is 38.0 Å². The molecule has 2 rings (SSSR count). The second kappa shape index (κ2) is 5.25. The minimum absolute atomic E-state index is 0.00375. The summed E-state index contributed by atoms with van der Waals surface area (Å²) in [6.45, 7) is 5.68.